The molecule has 34 heavy (non-hydrogen) atoms. The van der Waals surface area contributed by atoms with Crippen LogP contribution < -0.4 is 9.47 Å². The fraction of sp³-hybridized carbons (Fsp3) is 0.680. The zero-order chi connectivity index (χ0) is 25.0. The number of rotatable bonds is 10. The Morgan fingerprint density at radius 3 is 2.41 bits per heavy atom. The summed E-state index contributed by atoms with van der Waals surface area (Å²) in [5.74, 6) is 2.09. The normalized spacial score (nSPS) is 25.8. The molecule has 4 atom stereocenters. The second-order valence-electron chi connectivity index (χ2n) is 10.8. The highest BCUT2D eigenvalue weighted by molar-refractivity contribution is 7.90. The average Bonchev–Trinajstić information content (AvgIpc) is 3.25. The molecule has 0 bridgehead atoms. The first kappa shape index (κ1) is 26.5. The molecule has 0 N–H and O–H groups in total. The summed E-state index contributed by atoms with van der Waals surface area (Å²) >= 11 is 0. The van der Waals surface area contributed by atoms with Crippen LogP contribution in [0.1, 0.15) is 47.0 Å². The van der Waals surface area contributed by atoms with E-state index < -0.39 is 9.84 Å². The summed E-state index contributed by atoms with van der Waals surface area (Å²) in [6.07, 6.45) is 6.78. The molecule has 1 aromatic heterocycles. The third-order valence-corrected chi connectivity index (χ3v) is 7.59. The van der Waals surface area contributed by atoms with E-state index in [1.807, 2.05) is 49.7 Å². The Morgan fingerprint density at radius 2 is 1.85 bits per heavy atom. The molecule has 8 nitrogen and oxygen atoms in total. The number of sulfone groups is 1. The molecule has 0 spiro atoms. The van der Waals surface area contributed by atoms with Crippen molar-refractivity contribution in [3.8, 4) is 11.5 Å². The summed E-state index contributed by atoms with van der Waals surface area (Å²) < 4.78 is 43.7. The molecule has 0 amide bonds. The summed E-state index contributed by atoms with van der Waals surface area (Å²) in [7, 11) is -1.34. The van der Waals surface area contributed by atoms with Gasteiger partial charge >= 0.3 is 0 Å². The van der Waals surface area contributed by atoms with Gasteiger partial charge in [-0.05, 0) is 69.7 Å². The van der Waals surface area contributed by atoms with Crippen LogP contribution in [0.5, 0.6) is 11.5 Å². The SMILES string of the molecule is COC1[C@@H](Cn2cncn2)[C@H](COc2ccc(OC(C)(C)C)cc2)CC[C@@]1(C)CCS(C)(=O)=O. The van der Waals surface area contributed by atoms with E-state index in [-0.39, 0.29) is 34.7 Å². The van der Waals surface area contributed by atoms with Crippen molar-refractivity contribution in [2.24, 2.45) is 17.3 Å². The largest absolute Gasteiger partial charge is 0.493 e. The van der Waals surface area contributed by atoms with E-state index in [1.165, 1.54) is 12.6 Å². The van der Waals surface area contributed by atoms with E-state index in [0.717, 1.165) is 24.3 Å². The minimum atomic E-state index is -3.05. The summed E-state index contributed by atoms with van der Waals surface area (Å²) in [6.45, 7) is 9.38. The maximum absolute atomic E-state index is 11.9. The van der Waals surface area contributed by atoms with E-state index in [2.05, 4.69) is 17.0 Å². The minimum absolute atomic E-state index is 0.105. The van der Waals surface area contributed by atoms with Gasteiger partial charge in [-0.2, -0.15) is 5.10 Å². The average molecular weight is 494 g/mol. The minimum Gasteiger partial charge on any atom is -0.493 e. The molecule has 190 valence electrons. The molecule has 1 aromatic carbocycles. The molecule has 9 heteroatoms. The zero-order valence-corrected chi connectivity index (χ0v) is 22.0. The molecular weight excluding hydrogens is 454 g/mol. The van der Waals surface area contributed by atoms with Crippen LogP contribution in [0.25, 0.3) is 0 Å². The summed E-state index contributed by atoms with van der Waals surface area (Å²) in [5.41, 5.74) is -0.497. The number of hydrogen-bond acceptors (Lipinski definition) is 7. The van der Waals surface area contributed by atoms with Gasteiger partial charge in [-0.25, -0.2) is 13.4 Å². The third-order valence-electron chi connectivity index (χ3n) is 6.64. The zero-order valence-electron chi connectivity index (χ0n) is 21.2. The summed E-state index contributed by atoms with van der Waals surface area (Å²) in [5, 5.41) is 4.30. The fourth-order valence-corrected chi connectivity index (χ4v) is 5.77. The Morgan fingerprint density at radius 1 is 1.18 bits per heavy atom. The summed E-state index contributed by atoms with van der Waals surface area (Å²) in [6, 6.07) is 7.71. The van der Waals surface area contributed by atoms with Crippen molar-refractivity contribution in [2.75, 3.05) is 25.7 Å². The van der Waals surface area contributed by atoms with Crippen molar-refractivity contribution in [3.63, 3.8) is 0 Å². The van der Waals surface area contributed by atoms with Gasteiger partial charge in [0.15, 0.2) is 0 Å². The van der Waals surface area contributed by atoms with Gasteiger partial charge in [0.05, 0.1) is 18.5 Å². The number of methoxy groups -OCH3 is 1. The standard InChI is InChI=1S/C25H39N3O5S/c1-24(2,3)33-21-9-7-20(8-10-21)32-16-19-11-12-25(4,13-14-34(6,29)30)23(31-5)22(19)15-28-18-26-17-27-28/h7-10,17-19,22-23H,11-16H2,1-6H3/t19-,22-,23?,25-/m0/s1. The molecule has 0 radical (unpaired) electrons. The highest BCUT2D eigenvalue weighted by Gasteiger charge is 2.47. The topological polar surface area (TPSA) is 92.5 Å². The Balaban J connectivity index is 1.73. The lowest BCUT2D eigenvalue weighted by Gasteiger charge is -2.48. The summed E-state index contributed by atoms with van der Waals surface area (Å²) in [4.78, 5) is 4.08. The maximum Gasteiger partial charge on any atom is 0.147 e. The van der Waals surface area contributed by atoms with Gasteiger partial charge in [0, 0.05) is 31.7 Å². The Labute approximate surface area is 203 Å². The van der Waals surface area contributed by atoms with Crippen LogP contribution in [-0.4, -0.2) is 60.6 Å². The van der Waals surface area contributed by atoms with E-state index in [4.69, 9.17) is 14.2 Å². The van der Waals surface area contributed by atoms with Crippen molar-refractivity contribution < 1.29 is 22.6 Å². The van der Waals surface area contributed by atoms with E-state index in [0.29, 0.717) is 19.6 Å². The van der Waals surface area contributed by atoms with Gasteiger partial charge in [-0.15, -0.1) is 0 Å². The molecule has 1 aliphatic carbocycles. The Kier molecular flexibility index (Phi) is 8.29. The maximum atomic E-state index is 11.9. The number of nitrogens with zero attached hydrogens (tertiary/aromatic N) is 3. The van der Waals surface area contributed by atoms with E-state index in [9.17, 15) is 8.42 Å². The smallest absolute Gasteiger partial charge is 0.147 e. The fourth-order valence-electron chi connectivity index (χ4n) is 4.94. The molecule has 0 aliphatic heterocycles. The number of aromatic nitrogens is 3. The Bertz CT molecular complexity index is 1000. The van der Waals surface area contributed by atoms with E-state index in [1.54, 1.807) is 13.4 Å². The van der Waals surface area contributed by atoms with Gasteiger partial charge in [-0.1, -0.05) is 6.92 Å². The lowest BCUT2D eigenvalue weighted by atomic mass is 9.63. The Hall–Kier alpha value is -2.13. The molecule has 2 aromatic rings. The molecular formula is C25H39N3O5S. The first-order valence-corrected chi connectivity index (χ1v) is 13.9. The first-order valence-electron chi connectivity index (χ1n) is 11.8. The van der Waals surface area contributed by atoms with Crippen LogP contribution in [0.15, 0.2) is 36.9 Å². The monoisotopic (exact) mass is 493 g/mol. The van der Waals surface area contributed by atoms with Crippen molar-refractivity contribution in [3.05, 3.63) is 36.9 Å². The van der Waals surface area contributed by atoms with Crippen LogP contribution in [-0.2, 0) is 21.1 Å². The number of ether oxygens (including phenoxy) is 3. The molecule has 0 saturated heterocycles. The van der Waals surface area contributed by atoms with Crippen LogP contribution in [0.3, 0.4) is 0 Å². The van der Waals surface area contributed by atoms with Crippen molar-refractivity contribution in [1.29, 1.82) is 0 Å². The van der Waals surface area contributed by atoms with Gasteiger partial charge in [-0.3, -0.25) is 4.68 Å². The van der Waals surface area contributed by atoms with Gasteiger partial charge in [0.1, 0.15) is 39.6 Å². The quantitative estimate of drug-likeness (QED) is 0.494. The molecule has 1 aliphatic rings. The lowest BCUT2D eigenvalue weighted by Crippen LogP contribution is -2.50. The second kappa shape index (κ2) is 10.6. The predicted molar refractivity (Wildman–Crippen MR) is 132 cm³/mol. The molecule has 1 saturated carbocycles. The van der Waals surface area contributed by atoms with Gasteiger partial charge < -0.3 is 14.2 Å². The van der Waals surface area contributed by atoms with Crippen LogP contribution in [0.4, 0.5) is 0 Å². The molecule has 1 heterocycles. The molecule has 1 unspecified atom stereocenters. The molecule has 3 rings (SSSR count). The van der Waals surface area contributed by atoms with Gasteiger partial charge in [0.2, 0.25) is 0 Å². The van der Waals surface area contributed by atoms with Crippen LogP contribution in [0.2, 0.25) is 0 Å². The first-order chi connectivity index (χ1) is 15.9. The number of benzene rings is 1. The van der Waals surface area contributed by atoms with Crippen LogP contribution >= 0.6 is 0 Å². The van der Waals surface area contributed by atoms with Crippen molar-refractivity contribution in [2.45, 2.75) is 65.2 Å². The van der Waals surface area contributed by atoms with Gasteiger partial charge in [0.25, 0.3) is 0 Å². The molecule has 1 fully saturated rings. The van der Waals surface area contributed by atoms with Crippen LogP contribution in [0, 0.1) is 17.3 Å². The third kappa shape index (κ3) is 7.43. The highest BCUT2D eigenvalue weighted by atomic mass is 32.2. The van der Waals surface area contributed by atoms with E-state index >= 15 is 0 Å². The lowest BCUT2D eigenvalue weighted by molar-refractivity contribution is -0.106. The predicted octanol–water partition coefficient (Wildman–Crippen LogP) is 4.02. The highest BCUT2D eigenvalue weighted by Crippen LogP contribution is 2.47. The van der Waals surface area contributed by atoms with Crippen molar-refractivity contribution in [1.82, 2.24) is 14.8 Å². The van der Waals surface area contributed by atoms with Crippen molar-refractivity contribution >= 4 is 9.84 Å². The number of hydrogen-bond donors (Lipinski definition) is 0. The second-order valence-corrected chi connectivity index (χ2v) is 13.0.